The molecule has 1 aromatic rings. The Morgan fingerprint density at radius 3 is 2.46 bits per heavy atom. The SMILES string of the molecule is CN(C)Cc1c([Si])ccc(F)c1F. The summed E-state index contributed by atoms with van der Waals surface area (Å²) in [5.41, 5.74) is 0.349. The first-order chi connectivity index (χ1) is 6.02. The third kappa shape index (κ3) is 2.35. The molecule has 1 rings (SSSR count). The summed E-state index contributed by atoms with van der Waals surface area (Å²) in [6, 6.07) is 2.62. The van der Waals surface area contributed by atoms with Crippen molar-refractivity contribution in [2.24, 2.45) is 0 Å². The number of hydrogen-bond donors (Lipinski definition) is 0. The van der Waals surface area contributed by atoms with Crippen molar-refractivity contribution in [3.8, 4) is 0 Å². The van der Waals surface area contributed by atoms with Crippen LogP contribution in [0.15, 0.2) is 12.1 Å². The molecule has 4 heteroatoms. The molecule has 1 aromatic carbocycles. The molecule has 0 aliphatic heterocycles. The van der Waals surface area contributed by atoms with Gasteiger partial charge in [-0.25, -0.2) is 8.78 Å². The molecular formula is C9H10F2NSi. The Hall–Kier alpha value is -0.743. The van der Waals surface area contributed by atoms with Gasteiger partial charge in [0.15, 0.2) is 11.6 Å². The zero-order valence-corrected chi connectivity index (χ0v) is 8.56. The second-order valence-corrected chi connectivity index (χ2v) is 3.66. The van der Waals surface area contributed by atoms with Crippen molar-refractivity contribution in [1.29, 1.82) is 0 Å². The van der Waals surface area contributed by atoms with Gasteiger partial charge in [0.1, 0.15) is 0 Å². The fourth-order valence-corrected chi connectivity index (χ4v) is 1.34. The van der Waals surface area contributed by atoms with Crippen molar-refractivity contribution in [3.05, 3.63) is 29.3 Å². The molecule has 13 heavy (non-hydrogen) atoms. The Morgan fingerprint density at radius 1 is 1.31 bits per heavy atom. The molecule has 0 N–H and O–H groups in total. The van der Waals surface area contributed by atoms with Crippen molar-refractivity contribution < 1.29 is 8.78 Å². The minimum absolute atomic E-state index is 0.349. The molecule has 0 unspecified atom stereocenters. The van der Waals surface area contributed by atoms with E-state index in [4.69, 9.17) is 0 Å². The van der Waals surface area contributed by atoms with E-state index < -0.39 is 11.6 Å². The number of hydrogen-bond acceptors (Lipinski definition) is 1. The Balaban J connectivity index is 3.10. The van der Waals surface area contributed by atoms with Gasteiger partial charge in [-0.1, -0.05) is 11.3 Å². The molecule has 69 valence electrons. The lowest BCUT2D eigenvalue weighted by Gasteiger charge is -2.13. The van der Waals surface area contributed by atoms with Gasteiger partial charge in [0.2, 0.25) is 0 Å². The van der Waals surface area contributed by atoms with Crippen LogP contribution < -0.4 is 5.19 Å². The van der Waals surface area contributed by atoms with Crippen LogP contribution in [0.25, 0.3) is 0 Å². The summed E-state index contributed by atoms with van der Waals surface area (Å²) in [4.78, 5) is 1.78. The summed E-state index contributed by atoms with van der Waals surface area (Å²) >= 11 is 0. The van der Waals surface area contributed by atoms with E-state index in [1.54, 1.807) is 19.0 Å². The monoisotopic (exact) mass is 198 g/mol. The molecule has 0 saturated carbocycles. The summed E-state index contributed by atoms with van der Waals surface area (Å²) in [6.07, 6.45) is 0. The normalized spacial score (nSPS) is 10.9. The Kier molecular flexibility index (Phi) is 3.16. The van der Waals surface area contributed by atoms with Gasteiger partial charge in [-0.2, -0.15) is 0 Å². The van der Waals surface area contributed by atoms with E-state index in [-0.39, 0.29) is 0 Å². The lowest BCUT2D eigenvalue weighted by atomic mass is 10.2. The average Bonchev–Trinajstić information content (AvgIpc) is 2.05. The van der Waals surface area contributed by atoms with Gasteiger partial charge in [-0.15, -0.1) is 0 Å². The molecule has 0 spiro atoms. The van der Waals surface area contributed by atoms with E-state index in [0.717, 1.165) is 6.07 Å². The Labute approximate surface area is 79.8 Å². The topological polar surface area (TPSA) is 3.24 Å². The number of rotatable bonds is 2. The highest BCUT2D eigenvalue weighted by molar-refractivity contribution is 6.33. The van der Waals surface area contributed by atoms with Gasteiger partial charge < -0.3 is 4.90 Å². The Morgan fingerprint density at radius 2 is 1.92 bits per heavy atom. The predicted octanol–water partition coefficient (Wildman–Crippen LogP) is 0.820. The number of benzene rings is 1. The quantitative estimate of drug-likeness (QED) is 0.636. The second-order valence-electron chi connectivity index (χ2n) is 3.13. The molecule has 3 radical (unpaired) electrons. The van der Waals surface area contributed by atoms with Crippen molar-refractivity contribution in [2.75, 3.05) is 14.1 Å². The van der Waals surface area contributed by atoms with E-state index in [2.05, 4.69) is 10.2 Å². The smallest absolute Gasteiger partial charge is 0.163 e. The summed E-state index contributed by atoms with van der Waals surface area (Å²) in [7, 11) is 6.83. The zero-order valence-electron chi connectivity index (χ0n) is 7.56. The number of nitrogens with zero attached hydrogens (tertiary/aromatic N) is 1. The third-order valence-corrected chi connectivity index (χ3v) is 2.14. The van der Waals surface area contributed by atoms with E-state index in [1.165, 1.54) is 6.07 Å². The first kappa shape index (κ1) is 10.3. The molecule has 0 heterocycles. The molecule has 0 atom stereocenters. The molecule has 0 aliphatic rings. The highest BCUT2D eigenvalue weighted by Crippen LogP contribution is 2.10. The van der Waals surface area contributed by atoms with Crippen LogP contribution >= 0.6 is 0 Å². The average molecular weight is 198 g/mol. The van der Waals surface area contributed by atoms with Crippen LogP contribution in [0.5, 0.6) is 0 Å². The number of halogens is 2. The highest BCUT2D eigenvalue weighted by atomic mass is 28.1. The summed E-state index contributed by atoms with van der Waals surface area (Å²) in [5.74, 6) is -1.58. The lowest BCUT2D eigenvalue weighted by Crippen LogP contribution is -2.21. The van der Waals surface area contributed by atoms with Crippen LogP contribution in [-0.2, 0) is 6.54 Å². The van der Waals surface area contributed by atoms with E-state index in [9.17, 15) is 8.78 Å². The van der Waals surface area contributed by atoms with Gasteiger partial charge >= 0.3 is 0 Å². The maximum atomic E-state index is 13.2. The van der Waals surface area contributed by atoms with Crippen molar-refractivity contribution in [3.63, 3.8) is 0 Å². The minimum Gasteiger partial charge on any atom is -0.305 e. The molecule has 0 aromatic heterocycles. The Bertz CT molecular complexity index is 313. The highest BCUT2D eigenvalue weighted by Gasteiger charge is 2.11. The van der Waals surface area contributed by atoms with E-state index in [1.807, 2.05) is 0 Å². The lowest BCUT2D eigenvalue weighted by molar-refractivity contribution is 0.387. The van der Waals surface area contributed by atoms with Crippen LogP contribution in [-0.4, -0.2) is 29.2 Å². The van der Waals surface area contributed by atoms with Gasteiger partial charge in [0.05, 0.1) is 10.2 Å². The molecule has 0 amide bonds. The van der Waals surface area contributed by atoms with E-state index >= 15 is 0 Å². The predicted molar refractivity (Wildman–Crippen MR) is 49.1 cm³/mol. The maximum absolute atomic E-state index is 13.2. The summed E-state index contributed by atoms with van der Waals surface area (Å²) in [5, 5.41) is 0.590. The summed E-state index contributed by atoms with van der Waals surface area (Å²) < 4.78 is 26.0. The van der Waals surface area contributed by atoms with Gasteiger partial charge in [0, 0.05) is 12.1 Å². The maximum Gasteiger partial charge on any atom is 0.163 e. The zero-order chi connectivity index (χ0) is 10.0. The molecule has 0 bridgehead atoms. The van der Waals surface area contributed by atoms with Gasteiger partial charge in [-0.3, -0.25) is 0 Å². The first-order valence-electron chi connectivity index (χ1n) is 3.85. The van der Waals surface area contributed by atoms with Crippen molar-refractivity contribution in [2.45, 2.75) is 6.54 Å². The molecule has 0 saturated heterocycles. The van der Waals surface area contributed by atoms with Crippen LogP contribution in [0.3, 0.4) is 0 Å². The second kappa shape index (κ2) is 3.98. The fourth-order valence-electron chi connectivity index (χ4n) is 1.06. The molecule has 0 aliphatic carbocycles. The first-order valence-corrected chi connectivity index (χ1v) is 4.35. The van der Waals surface area contributed by atoms with E-state index in [0.29, 0.717) is 17.3 Å². The largest absolute Gasteiger partial charge is 0.305 e. The molecule has 1 nitrogen and oxygen atoms in total. The fraction of sp³-hybridized carbons (Fsp3) is 0.333. The van der Waals surface area contributed by atoms with Gasteiger partial charge in [-0.05, 0) is 20.2 Å². The standard InChI is InChI=1S/C9H10F2NSi/c1-12(2)5-6-8(13)4-3-7(10)9(6)11/h3-4H,5H2,1-2H3. The van der Waals surface area contributed by atoms with Crippen LogP contribution in [0.2, 0.25) is 0 Å². The van der Waals surface area contributed by atoms with Crippen LogP contribution in [0.1, 0.15) is 5.56 Å². The van der Waals surface area contributed by atoms with Crippen LogP contribution in [0, 0.1) is 11.6 Å². The molecular weight excluding hydrogens is 188 g/mol. The van der Waals surface area contributed by atoms with Crippen molar-refractivity contribution >= 4 is 15.4 Å². The third-order valence-electron chi connectivity index (χ3n) is 1.67. The minimum atomic E-state index is -0.807. The molecule has 0 fully saturated rings. The summed E-state index contributed by atoms with van der Waals surface area (Å²) in [6.45, 7) is 0.377. The van der Waals surface area contributed by atoms with Crippen LogP contribution in [0.4, 0.5) is 8.78 Å². The van der Waals surface area contributed by atoms with Crippen molar-refractivity contribution in [1.82, 2.24) is 4.90 Å². The van der Waals surface area contributed by atoms with Gasteiger partial charge in [0.25, 0.3) is 0 Å².